The lowest BCUT2D eigenvalue weighted by Crippen LogP contribution is -2.14. The van der Waals surface area contributed by atoms with Gasteiger partial charge in [0.2, 0.25) is 5.91 Å². The number of benzene rings is 1. The van der Waals surface area contributed by atoms with E-state index in [2.05, 4.69) is 38.8 Å². The van der Waals surface area contributed by atoms with Crippen molar-refractivity contribution < 1.29 is 4.79 Å². The molecule has 120 valence electrons. The maximum Gasteiger partial charge on any atom is 0.228 e. The third-order valence-corrected chi connectivity index (χ3v) is 4.87. The summed E-state index contributed by atoms with van der Waals surface area (Å²) < 4.78 is 0. The van der Waals surface area contributed by atoms with Crippen molar-refractivity contribution in [2.45, 2.75) is 19.3 Å². The molecule has 1 aromatic carbocycles. The summed E-state index contributed by atoms with van der Waals surface area (Å²) in [5.74, 6) is 0.877. The minimum atomic E-state index is 0.0818. The van der Waals surface area contributed by atoms with Crippen LogP contribution in [0.2, 0.25) is 0 Å². The molecule has 1 fully saturated rings. The number of fused-ring (bicyclic) bond motifs is 2. The van der Waals surface area contributed by atoms with Gasteiger partial charge in [-0.2, -0.15) is 0 Å². The molecule has 0 radical (unpaired) electrons. The maximum absolute atomic E-state index is 11.9. The van der Waals surface area contributed by atoms with E-state index in [1.54, 1.807) is 0 Å². The highest BCUT2D eigenvalue weighted by Gasteiger charge is 2.29. The van der Waals surface area contributed by atoms with Gasteiger partial charge in [0.15, 0.2) is 0 Å². The molecule has 0 unspecified atom stereocenters. The Balaban J connectivity index is 1.50. The highest BCUT2D eigenvalue weighted by Crippen LogP contribution is 2.34. The Hall–Kier alpha value is -2.82. The fraction of sp³-hybridized carbons (Fsp3) is 0.263. The standard InChI is InChI=1S/C19H18N4O/c24-19(12-2-3-12)23-17-6-5-14-15(10-21-18(14)22-17)13-4-1-11-7-8-20-16(11)9-13/h1,4-6,9-10,12,20H,2-3,7-8H2,(H2,21,22,23,24). The van der Waals surface area contributed by atoms with E-state index >= 15 is 0 Å². The van der Waals surface area contributed by atoms with E-state index in [4.69, 9.17) is 0 Å². The second kappa shape index (κ2) is 5.09. The van der Waals surface area contributed by atoms with E-state index in [0.29, 0.717) is 5.82 Å². The van der Waals surface area contributed by atoms with Crippen LogP contribution < -0.4 is 10.6 Å². The first kappa shape index (κ1) is 13.6. The summed E-state index contributed by atoms with van der Waals surface area (Å²) >= 11 is 0. The van der Waals surface area contributed by atoms with Gasteiger partial charge in [-0.1, -0.05) is 12.1 Å². The van der Waals surface area contributed by atoms with E-state index < -0.39 is 0 Å². The van der Waals surface area contributed by atoms with Gasteiger partial charge in [0.05, 0.1) is 0 Å². The Morgan fingerprint density at radius 2 is 2.12 bits per heavy atom. The van der Waals surface area contributed by atoms with Gasteiger partial charge in [0, 0.05) is 35.3 Å². The molecule has 1 amide bonds. The maximum atomic E-state index is 11.9. The minimum Gasteiger partial charge on any atom is -0.384 e. The Bertz CT molecular complexity index is 955. The molecule has 0 saturated heterocycles. The zero-order valence-corrected chi connectivity index (χ0v) is 13.2. The van der Waals surface area contributed by atoms with E-state index in [-0.39, 0.29) is 11.8 Å². The van der Waals surface area contributed by atoms with Crippen molar-refractivity contribution in [2.24, 2.45) is 5.92 Å². The van der Waals surface area contributed by atoms with Crippen molar-refractivity contribution >= 4 is 28.4 Å². The van der Waals surface area contributed by atoms with E-state index in [1.165, 1.54) is 16.8 Å². The van der Waals surface area contributed by atoms with Crippen LogP contribution >= 0.6 is 0 Å². The van der Waals surface area contributed by atoms with Crippen molar-refractivity contribution in [1.29, 1.82) is 0 Å². The lowest BCUT2D eigenvalue weighted by Gasteiger charge is -2.05. The molecule has 5 nitrogen and oxygen atoms in total. The molecule has 3 N–H and O–H groups in total. The van der Waals surface area contributed by atoms with Gasteiger partial charge in [-0.25, -0.2) is 4.98 Å². The third kappa shape index (κ3) is 2.24. The number of hydrogen-bond acceptors (Lipinski definition) is 3. The number of amides is 1. The van der Waals surface area contributed by atoms with Crippen LogP contribution in [0.5, 0.6) is 0 Å². The fourth-order valence-corrected chi connectivity index (χ4v) is 3.35. The number of H-pyrrole nitrogens is 1. The zero-order chi connectivity index (χ0) is 16.1. The van der Waals surface area contributed by atoms with Crippen molar-refractivity contribution in [3.8, 4) is 11.1 Å². The van der Waals surface area contributed by atoms with Crippen LogP contribution in [0.15, 0.2) is 36.5 Å². The molecule has 3 aromatic rings. The summed E-state index contributed by atoms with van der Waals surface area (Å²) in [5.41, 5.74) is 5.71. The summed E-state index contributed by atoms with van der Waals surface area (Å²) in [6.07, 6.45) is 5.07. The minimum absolute atomic E-state index is 0.0818. The summed E-state index contributed by atoms with van der Waals surface area (Å²) in [5, 5.41) is 7.39. The number of nitrogens with zero attached hydrogens (tertiary/aromatic N) is 1. The second-order valence-corrected chi connectivity index (χ2v) is 6.61. The van der Waals surface area contributed by atoms with Gasteiger partial charge in [-0.3, -0.25) is 4.79 Å². The predicted octanol–water partition coefficient (Wildman–Crippen LogP) is 3.55. The predicted molar refractivity (Wildman–Crippen MR) is 95.1 cm³/mol. The van der Waals surface area contributed by atoms with E-state index in [1.807, 2.05) is 18.3 Å². The van der Waals surface area contributed by atoms with Crippen molar-refractivity contribution in [1.82, 2.24) is 9.97 Å². The van der Waals surface area contributed by atoms with Crippen LogP contribution in [-0.2, 0) is 11.2 Å². The first-order valence-electron chi connectivity index (χ1n) is 8.44. The number of carbonyl (C=O) groups is 1. The van der Waals surface area contributed by atoms with Gasteiger partial charge in [0.25, 0.3) is 0 Å². The molecule has 24 heavy (non-hydrogen) atoms. The van der Waals surface area contributed by atoms with Crippen LogP contribution in [0, 0.1) is 5.92 Å². The molecular weight excluding hydrogens is 300 g/mol. The number of pyridine rings is 1. The molecule has 1 saturated carbocycles. The Morgan fingerprint density at radius 1 is 1.21 bits per heavy atom. The zero-order valence-electron chi connectivity index (χ0n) is 13.2. The number of carbonyl (C=O) groups excluding carboxylic acids is 1. The fourth-order valence-electron chi connectivity index (χ4n) is 3.35. The molecule has 1 aliphatic heterocycles. The van der Waals surface area contributed by atoms with E-state index in [9.17, 15) is 4.79 Å². The lowest BCUT2D eigenvalue weighted by molar-refractivity contribution is -0.117. The molecule has 3 heterocycles. The van der Waals surface area contributed by atoms with Gasteiger partial charge in [-0.05, 0) is 48.6 Å². The first-order chi connectivity index (χ1) is 11.8. The third-order valence-electron chi connectivity index (χ3n) is 4.87. The Labute approximate surface area is 139 Å². The lowest BCUT2D eigenvalue weighted by atomic mass is 10.0. The second-order valence-electron chi connectivity index (χ2n) is 6.61. The Morgan fingerprint density at radius 3 is 3.00 bits per heavy atom. The summed E-state index contributed by atoms with van der Waals surface area (Å²) in [4.78, 5) is 19.6. The SMILES string of the molecule is O=C(Nc1ccc2c(-c3ccc4c(c3)NCC4)c[nH]c2n1)C1CC1. The number of aromatic nitrogens is 2. The Kier molecular flexibility index (Phi) is 2.89. The van der Waals surface area contributed by atoms with Gasteiger partial charge < -0.3 is 15.6 Å². The molecule has 0 spiro atoms. The number of aromatic amines is 1. The van der Waals surface area contributed by atoms with Gasteiger partial charge >= 0.3 is 0 Å². The largest absolute Gasteiger partial charge is 0.384 e. The van der Waals surface area contributed by atoms with E-state index in [0.717, 1.165) is 42.4 Å². The number of rotatable bonds is 3. The highest BCUT2D eigenvalue weighted by molar-refractivity contribution is 5.97. The molecule has 2 aliphatic rings. The molecule has 0 bridgehead atoms. The van der Waals surface area contributed by atoms with Crippen LogP contribution in [0.4, 0.5) is 11.5 Å². The summed E-state index contributed by atoms with van der Waals surface area (Å²) in [6.45, 7) is 1.01. The monoisotopic (exact) mass is 318 g/mol. The molecular formula is C19H18N4O. The van der Waals surface area contributed by atoms with Gasteiger partial charge in [0.1, 0.15) is 11.5 Å². The average molecular weight is 318 g/mol. The summed E-state index contributed by atoms with van der Waals surface area (Å²) in [6, 6.07) is 10.5. The molecule has 2 aromatic heterocycles. The number of nitrogens with one attached hydrogen (secondary N) is 3. The molecule has 5 rings (SSSR count). The van der Waals surface area contributed by atoms with Crippen molar-refractivity contribution in [2.75, 3.05) is 17.2 Å². The van der Waals surface area contributed by atoms with Crippen LogP contribution in [0.25, 0.3) is 22.2 Å². The number of anilines is 2. The van der Waals surface area contributed by atoms with Crippen molar-refractivity contribution in [3.05, 3.63) is 42.1 Å². The topological polar surface area (TPSA) is 69.8 Å². The smallest absolute Gasteiger partial charge is 0.228 e. The molecule has 1 aliphatic carbocycles. The molecule has 5 heteroatoms. The quantitative estimate of drug-likeness (QED) is 0.692. The summed E-state index contributed by atoms with van der Waals surface area (Å²) in [7, 11) is 0. The highest BCUT2D eigenvalue weighted by atomic mass is 16.2. The normalized spacial score (nSPS) is 16.0. The van der Waals surface area contributed by atoms with Crippen LogP contribution in [0.1, 0.15) is 18.4 Å². The average Bonchev–Trinajstić information content (AvgIpc) is 3.20. The van der Waals surface area contributed by atoms with Crippen LogP contribution in [-0.4, -0.2) is 22.4 Å². The molecule has 0 atom stereocenters. The van der Waals surface area contributed by atoms with Gasteiger partial charge in [-0.15, -0.1) is 0 Å². The van der Waals surface area contributed by atoms with Crippen molar-refractivity contribution in [3.63, 3.8) is 0 Å². The number of hydrogen-bond donors (Lipinski definition) is 3. The van der Waals surface area contributed by atoms with Crippen LogP contribution in [0.3, 0.4) is 0 Å². The first-order valence-corrected chi connectivity index (χ1v) is 8.44.